The molecule has 1 heterocycles. The lowest BCUT2D eigenvalue weighted by molar-refractivity contribution is -0.124. The monoisotopic (exact) mass is 420 g/mol. The van der Waals surface area contributed by atoms with Crippen LogP contribution < -0.4 is 10.1 Å². The third kappa shape index (κ3) is 7.56. The van der Waals surface area contributed by atoms with Gasteiger partial charge >= 0.3 is 6.09 Å². The van der Waals surface area contributed by atoms with E-state index >= 15 is 0 Å². The van der Waals surface area contributed by atoms with E-state index in [-0.39, 0.29) is 36.9 Å². The fourth-order valence-corrected chi connectivity index (χ4v) is 3.04. The van der Waals surface area contributed by atoms with Gasteiger partial charge in [-0.2, -0.15) is 0 Å². The zero-order valence-electron chi connectivity index (χ0n) is 17.7. The van der Waals surface area contributed by atoms with Crippen molar-refractivity contribution >= 4 is 12.0 Å². The van der Waals surface area contributed by atoms with E-state index in [0.29, 0.717) is 38.5 Å². The van der Waals surface area contributed by atoms with Gasteiger partial charge < -0.3 is 24.4 Å². The number of halogens is 1. The first kappa shape index (κ1) is 23.5. The number of benzene rings is 1. The third-order valence-electron chi connectivity index (χ3n) is 4.54. The lowest BCUT2D eigenvalue weighted by Gasteiger charge is -2.15. The van der Waals surface area contributed by atoms with Gasteiger partial charge in [0.15, 0.2) is 0 Å². The number of nitrogens with one attached hydrogen (secondary N) is 1. The molecule has 8 heteroatoms. The molecule has 0 saturated carbocycles. The zero-order valence-corrected chi connectivity index (χ0v) is 17.7. The molecule has 0 aliphatic carbocycles. The molecule has 30 heavy (non-hydrogen) atoms. The fourth-order valence-electron chi connectivity index (χ4n) is 3.04. The van der Waals surface area contributed by atoms with Gasteiger partial charge in [-0.25, -0.2) is 9.18 Å². The predicted molar refractivity (Wildman–Crippen MR) is 110 cm³/mol. The molecule has 0 bridgehead atoms. The van der Waals surface area contributed by atoms with Crippen molar-refractivity contribution in [2.24, 2.45) is 0 Å². The summed E-state index contributed by atoms with van der Waals surface area (Å²) >= 11 is 0. The fraction of sp³-hybridized carbons (Fsp3) is 0.545. The maximum atomic E-state index is 13.4. The standard InChI is InChI=1S/C22H29FN2O5/c1-4-5-21(26)25-10-8-18(15-25)30-22(27)24-9-11-28-12-13-29-20-14-17(23)6-7-19(20)16(2)3/h6-7,14,16,18H,8-13,15H2,1-3H3,(H,24,27). The minimum absolute atomic E-state index is 0.223. The highest BCUT2D eigenvalue weighted by Gasteiger charge is 2.28. The Balaban J connectivity index is 1.57. The minimum Gasteiger partial charge on any atom is -0.491 e. The van der Waals surface area contributed by atoms with E-state index in [1.807, 2.05) is 13.8 Å². The van der Waals surface area contributed by atoms with Gasteiger partial charge in [0, 0.05) is 25.6 Å². The molecule has 164 valence electrons. The summed E-state index contributed by atoms with van der Waals surface area (Å²) in [5.41, 5.74) is 0.940. The Bertz CT molecular complexity index is 787. The first-order valence-corrected chi connectivity index (χ1v) is 10.1. The number of carbonyl (C=O) groups is 2. The minimum atomic E-state index is -0.544. The van der Waals surface area contributed by atoms with Crippen LogP contribution in [0.2, 0.25) is 0 Å². The Morgan fingerprint density at radius 3 is 2.83 bits per heavy atom. The molecule has 1 aromatic rings. The Morgan fingerprint density at radius 1 is 1.30 bits per heavy atom. The van der Waals surface area contributed by atoms with Crippen LogP contribution in [0.1, 0.15) is 38.7 Å². The molecular formula is C22H29FN2O5. The van der Waals surface area contributed by atoms with Crippen molar-refractivity contribution in [3.63, 3.8) is 0 Å². The molecule has 7 nitrogen and oxygen atoms in total. The summed E-state index contributed by atoms with van der Waals surface area (Å²) < 4.78 is 29.8. The Kier molecular flexibility index (Phi) is 9.42. The second-order valence-corrected chi connectivity index (χ2v) is 7.17. The van der Waals surface area contributed by atoms with Gasteiger partial charge in [0.05, 0.1) is 19.8 Å². The van der Waals surface area contributed by atoms with Gasteiger partial charge in [0.2, 0.25) is 0 Å². The molecule has 1 saturated heterocycles. The largest absolute Gasteiger partial charge is 0.491 e. The molecule has 2 rings (SSSR count). The van der Waals surface area contributed by atoms with E-state index in [4.69, 9.17) is 14.2 Å². The Hall–Kier alpha value is -2.79. The van der Waals surface area contributed by atoms with Crippen molar-refractivity contribution in [2.45, 2.75) is 39.2 Å². The van der Waals surface area contributed by atoms with E-state index in [9.17, 15) is 14.0 Å². The van der Waals surface area contributed by atoms with Crippen LogP contribution in [0.25, 0.3) is 0 Å². The molecular weight excluding hydrogens is 391 g/mol. The highest BCUT2D eigenvalue weighted by Crippen LogP contribution is 2.27. The second-order valence-electron chi connectivity index (χ2n) is 7.17. The Labute approximate surface area is 176 Å². The van der Waals surface area contributed by atoms with Crippen LogP contribution in [-0.4, -0.2) is 62.5 Å². The molecule has 1 aromatic carbocycles. The van der Waals surface area contributed by atoms with Crippen LogP contribution in [0.4, 0.5) is 9.18 Å². The smallest absolute Gasteiger partial charge is 0.407 e. The number of alkyl carbamates (subject to hydrolysis) is 1. The SMILES string of the molecule is CC#CC(=O)N1CCC(OC(=O)NCCOCCOc2cc(F)ccc2C(C)C)C1. The predicted octanol–water partition coefficient (Wildman–Crippen LogP) is 2.69. The Morgan fingerprint density at radius 2 is 2.10 bits per heavy atom. The summed E-state index contributed by atoms with van der Waals surface area (Å²) in [6.07, 6.45) is -0.281. The molecule has 0 aromatic heterocycles. The van der Waals surface area contributed by atoms with Gasteiger partial charge in [-0.1, -0.05) is 25.8 Å². The molecule has 2 amide bonds. The average molecular weight is 420 g/mol. The van der Waals surface area contributed by atoms with Gasteiger partial charge in [-0.15, -0.1) is 0 Å². The quantitative estimate of drug-likeness (QED) is 0.491. The number of nitrogens with zero attached hydrogens (tertiary/aromatic N) is 1. The van der Waals surface area contributed by atoms with Gasteiger partial charge in [-0.05, 0) is 30.4 Å². The van der Waals surface area contributed by atoms with Crippen LogP contribution in [0.3, 0.4) is 0 Å². The van der Waals surface area contributed by atoms with Crippen molar-refractivity contribution in [1.29, 1.82) is 0 Å². The first-order chi connectivity index (χ1) is 14.4. The summed E-state index contributed by atoms with van der Waals surface area (Å²) in [6, 6.07) is 4.52. The molecule has 0 radical (unpaired) electrons. The normalized spacial score (nSPS) is 15.5. The van der Waals surface area contributed by atoms with Crippen LogP contribution >= 0.6 is 0 Å². The number of carbonyl (C=O) groups excluding carboxylic acids is 2. The van der Waals surface area contributed by atoms with Crippen molar-refractivity contribution < 1.29 is 28.2 Å². The third-order valence-corrected chi connectivity index (χ3v) is 4.54. The molecule has 1 unspecified atom stereocenters. The number of likely N-dealkylation sites (tertiary alicyclic amines) is 1. The number of ether oxygens (including phenoxy) is 3. The number of hydrogen-bond donors (Lipinski definition) is 1. The van der Waals surface area contributed by atoms with Crippen molar-refractivity contribution in [3.8, 4) is 17.6 Å². The average Bonchev–Trinajstić information content (AvgIpc) is 3.15. The van der Waals surface area contributed by atoms with Crippen LogP contribution in [0.5, 0.6) is 5.75 Å². The zero-order chi connectivity index (χ0) is 21.9. The van der Waals surface area contributed by atoms with E-state index in [1.54, 1.807) is 17.9 Å². The lowest BCUT2D eigenvalue weighted by Crippen LogP contribution is -2.34. The van der Waals surface area contributed by atoms with Crippen LogP contribution in [-0.2, 0) is 14.3 Å². The van der Waals surface area contributed by atoms with Gasteiger partial charge in [0.25, 0.3) is 5.91 Å². The first-order valence-electron chi connectivity index (χ1n) is 10.1. The van der Waals surface area contributed by atoms with Crippen molar-refractivity contribution in [1.82, 2.24) is 10.2 Å². The van der Waals surface area contributed by atoms with E-state index in [2.05, 4.69) is 17.2 Å². The summed E-state index contributed by atoms with van der Waals surface area (Å²) in [7, 11) is 0. The van der Waals surface area contributed by atoms with E-state index in [1.165, 1.54) is 12.1 Å². The van der Waals surface area contributed by atoms with Crippen molar-refractivity contribution in [2.75, 3.05) is 39.5 Å². The highest BCUT2D eigenvalue weighted by atomic mass is 19.1. The van der Waals surface area contributed by atoms with Gasteiger partial charge in [0.1, 0.15) is 24.3 Å². The van der Waals surface area contributed by atoms with E-state index < -0.39 is 6.09 Å². The second kappa shape index (κ2) is 12.0. The van der Waals surface area contributed by atoms with Gasteiger partial charge in [-0.3, -0.25) is 4.79 Å². The number of amides is 2. The molecule has 1 atom stereocenters. The summed E-state index contributed by atoms with van der Waals surface area (Å²) in [6.45, 7) is 7.68. The molecule has 0 spiro atoms. The van der Waals surface area contributed by atoms with Crippen molar-refractivity contribution in [3.05, 3.63) is 29.6 Å². The molecule has 1 N–H and O–H groups in total. The lowest BCUT2D eigenvalue weighted by atomic mass is 10.0. The molecule has 1 aliphatic heterocycles. The summed E-state index contributed by atoms with van der Waals surface area (Å²) in [4.78, 5) is 25.1. The topological polar surface area (TPSA) is 77.1 Å². The summed E-state index contributed by atoms with van der Waals surface area (Å²) in [5.74, 6) is 5.19. The maximum Gasteiger partial charge on any atom is 0.407 e. The highest BCUT2D eigenvalue weighted by molar-refractivity contribution is 5.93. The molecule has 1 fully saturated rings. The number of rotatable bonds is 9. The maximum absolute atomic E-state index is 13.4. The number of hydrogen-bond acceptors (Lipinski definition) is 5. The summed E-state index contributed by atoms with van der Waals surface area (Å²) in [5, 5.41) is 2.61. The van der Waals surface area contributed by atoms with Crippen LogP contribution in [0, 0.1) is 17.7 Å². The van der Waals surface area contributed by atoms with Crippen LogP contribution in [0.15, 0.2) is 18.2 Å². The molecule has 1 aliphatic rings. The van der Waals surface area contributed by atoms with E-state index in [0.717, 1.165) is 5.56 Å².